The predicted octanol–water partition coefficient (Wildman–Crippen LogP) is -3.39. The summed E-state index contributed by atoms with van der Waals surface area (Å²) in [5, 5.41) is 0. The van der Waals surface area contributed by atoms with Gasteiger partial charge in [0, 0.05) is 0 Å². The molecular weight excluding hydrogens is 442 g/mol. The third-order valence-electron chi connectivity index (χ3n) is 0. The van der Waals surface area contributed by atoms with Crippen molar-refractivity contribution in [3.8, 4) is 0 Å². The molecule has 0 aromatic rings. The second-order valence-electron chi connectivity index (χ2n) is 0.565. The van der Waals surface area contributed by atoms with Crippen molar-refractivity contribution in [1.29, 1.82) is 0 Å². The number of rotatable bonds is 0. The molecule has 0 aromatic heterocycles. The molecule has 0 spiro atoms. The van der Waals surface area contributed by atoms with E-state index in [1.807, 2.05) is 0 Å². The topological polar surface area (TPSA) is 115 Å². The predicted molar refractivity (Wildman–Crippen MR) is 18.8 cm³/mol. The first-order valence-corrected chi connectivity index (χ1v) is 6.54. The van der Waals surface area contributed by atoms with Crippen LogP contribution in [-0.2, 0) is 47.4 Å². The Balaban J connectivity index is -0.0000000720. The molecule has 0 amide bonds. The Hall–Kier alpha value is 1.96. The van der Waals surface area contributed by atoms with E-state index in [2.05, 4.69) is 0 Å². The van der Waals surface area contributed by atoms with Crippen LogP contribution in [0.5, 0.6) is 0 Å². The molecule has 0 aromatic carbocycles. The van der Waals surface area contributed by atoms with Gasteiger partial charge in [-0.15, -0.1) is 0 Å². The molecule has 4 N–H and O–H groups in total. The van der Waals surface area contributed by atoms with E-state index in [0.29, 0.717) is 0 Å². The summed E-state index contributed by atoms with van der Waals surface area (Å²) < 4.78 is 46.6. The summed E-state index contributed by atoms with van der Waals surface area (Å²) in [7, 11) is 0. The summed E-state index contributed by atoms with van der Waals surface area (Å²) in [6.07, 6.45) is 0. The van der Waals surface area contributed by atoms with Gasteiger partial charge >= 0.3 is 88.4 Å². The maximum atomic E-state index is 8.84. The van der Waals surface area contributed by atoms with Crippen molar-refractivity contribution in [3.63, 3.8) is 0 Å². The summed E-state index contributed by atoms with van der Waals surface area (Å²) in [4.78, 5) is 0. The van der Waals surface area contributed by atoms with Crippen LogP contribution in [0.3, 0.4) is 0 Å². The molecule has 0 aliphatic rings. The normalized spacial score (nSPS) is 5.78. The van der Waals surface area contributed by atoms with Crippen LogP contribution in [0.4, 0.5) is 0 Å². The van der Waals surface area contributed by atoms with Crippen molar-refractivity contribution in [2.24, 2.45) is 0 Å². The van der Waals surface area contributed by atoms with Crippen molar-refractivity contribution in [2.45, 2.75) is 0 Å². The van der Waals surface area contributed by atoms with Crippen LogP contribution < -0.4 is 0 Å². The van der Waals surface area contributed by atoms with Crippen LogP contribution >= 0.6 is 0 Å². The molecule has 6 nitrogen and oxygen atoms in total. The van der Waals surface area contributed by atoms with E-state index in [9.17, 15) is 0 Å². The van der Waals surface area contributed by atoms with E-state index >= 15 is 0 Å². The Morgan fingerprint density at radius 3 is 1.22 bits per heavy atom. The number of hydrogen-bond acceptors (Lipinski definition) is 2. The molecule has 0 heterocycles. The van der Waals surface area contributed by atoms with Crippen molar-refractivity contribution >= 4 is 27.3 Å². The Kier molecular flexibility index (Phi) is 24.1. The van der Waals surface area contributed by atoms with Gasteiger partial charge in [-0.3, -0.25) is 0 Å². The summed E-state index contributed by atoms with van der Waals surface area (Å²) >= 11 is -7.38. The SMILES string of the molecule is [O]=[Ti]([OH])[OH].[O]=[Zr]([OH])[OH].[PbH2]. The first-order valence-electron chi connectivity index (χ1n) is 1.30. The summed E-state index contributed by atoms with van der Waals surface area (Å²) in [5.41, 5.74) is 0. The summed E-state index contributed by atoms with van der Waals surface area (Å²) in [6, 6.07) is 0. The average Bonchev–Trinajstić information content (AvgIpc) is 1.25. The van der Waals surface area contributed by atoms with Crippen molar-refractivity contribution in [2.75, 3.05) is 0 Å². The minimum absolute atomic E-state index is 0. The van der Waals surface area contributed by atoms with E-state index in [1.54, 1.807) is 0 Å². The molecule has 0 unspecified atom stereocenters. The van der Waals surface area contributed by atoms with Crippen LogP contribution in [0.15, 0.2) is 0 Å². The van der Waals surface area contributed by atoms with Gasteiger partial charge < -0.3 is 0 Å². The zero-order valence-corrected chi connectivity index (χ0v) is 13.8. The molecule has 0 atom stereocenters. The van der Waals surface area contributed by atoms with Crippen LogP contribution in [-0.4, -0.2) is 41.0 Å². The van der Waals surface area contributed by atoms with Gasteiger partial charge in [0.1, 0.15) is 0 Å². The fourth-order valence-corrected chi connectivity index (χ4v) is 0. The van der Waals surface area contributed by atoms with Crippen molar-refractivity contribution in [1.82, 2.24) is 0 Å². The molecule has 0 saturated carbocycles. The van der Waals surface area contributed by atoms with Gasteiger partial charge in [0.2, 0.25) is 0 Å². The van der Waals surface area contributed by atoms with Crippen molar-refractivity contribution in [3.05, 3.63) is 0 Å². The molecule has 0 fully saturated rings. The Bertz CT molecular complexity index is 71.1. The molecule has 0 aliphatic carbocycles. The first kappa shape index (κ1) is 17.2. The molecule has 0 aliphatic heterocycles. The average molecular weight is 448 g/mol. The van der Waals surface area contributed by atoms with Gasteiger partial charge in [-0.05, 0) is 0 Å². The molecule has 2 radical (unpaired) electrons. The summed E-state index contributed by atoms with van der Waals surface area (Å²) in [6.45, 7) is 0. The van der Waals surface area contributed by atoms with E-state index in [1.165, 1.54) is 0 Å². The second-order valence-corrected chi connectivity index (χ2v) is 2.84. The number of hydrogen-bond donors (Lipinski definition) is 4. The standard InChI is InChI=1S/4H2O.2O.Pb.Ti.Zr.2H/h4*1H2;;;;;;;/q;;;;;;;2*+2;;/p-4. The minimum atomic E-state index is -3.79. The molecular formula is H6O6PbTiZr. The van der Waals surface area contributed by atoms with Crippen molar-refractivity contribution < 1.29 is 61.1 Å². The molecule has 0 rings (SSSR count). The van der Waals surface area contributed by atoms with Gasteiger partial charge in [0.05, 0.1) is 0 Å². The Morgan fingerprint density at radius 2 is 1.22 bits per heavy atom. The van der Waals surface area contributed by atoms with Crippen LogP contribution in [0, 0.1) is 0 Å². The van der Waals surface area contributed by atoms with Gasteiger partial charge in [0.25, 0.3) is 0 Å². The van der Waals surface area contributed by atoms with Gasteiger partial charge in [-0.1, -0.05) is 0 Å². The van der Waals surface area contributed by atoms with Crippen LogP contribution in [0.2, 0.25) is 0 Å². The zero-order valence-electron chi connectivity index (χ0n) is 4.31. The Labute approximate surface area is 87.1 Å². The molecule has 0 saturated heterocycles. The van der Waals surface area contributed by atoms with Gasteiger partial charge in [-0.2, -0.15) is 0 Å². The first-order chi connectivity index (χ1) is 3.46. The molecule has 9 heavy (non-hydrogen) atoms. The quantitative estimate of drug-likeness (QED) is 0.288. The fraction of sp³-hybridized carbons (Fsp3) is 0. The van der Waals surface area contributed by atoms with Gasteiger partial charge in [0.15, 0.2) is 0 Å². The third kappa shape index (κ3) is 164. The van der Waals surface area contributed by atoms with Gasteiger partial charge in [-0.25, -0.2) is 0 Å². The van der Waals surface area contributed by atoms with Crippen LogP contribution in [0.25, 0.3) is 0 Å². The monoisotopic (exact) mass is 448 g/mol. The summed E-state index contributed by atoms with van der Waals surface area (Å²) in [5.74, 6) is 0. The Morgan fingerprint density at radius 1 is 1.22 bits per heavy atom. The second kappa shape index (κ2) is 12.6. The zero-order chi connectivity index (χ0) is 7.15. The maximum absolute atomic E-state index is 8.84. The fourth-order valence-electron chi connectivity index (χ4n) is 0. The van der Waals surface area contributed by atoms with E-state index in [0.717, 1.165) is 0 Å². The molecule has 54 valence electrons. The third-order valence-corrected chi connectivity index (χ3v) is 0. The van der Waals surface area contributed by atoms with E-state index in [-0.39, 0.29) is 27.3 Å². The molecule has 0 bridgehead atoms. The van der Waals surface area contributed by atoms with E-state index < -0.39 is 41.3 Å². The van der Waals surface area contributed by atoms with Crippen LogP contribution in [0.1, 0.15) is 0 Å². The molecule has 9 heteroatoms. The van der Waals surface area contributed by atoms with E-state index in [4.69, 9.17) is 19.9 Å².